The fourth-order valence-electron chi connectivity index (χ4n) is 1.97. The highest BCUT2D eigenvalue weighted by Crippen LogP contribution is 2.25. The summed E-state index contributed by atoms with van der Waals surface area (Å²) in [6.45, 7) is 2.02. The zero-order valence-corrected chi connectivity index (χ0v) is 13.4. The summed E-state index contributed by atoms with van der Waals surface area (Å²) in [5.74, 6) is -0.398. The van der Waals surface area contributed by atoms with Gasteiger partial charge in [0.15, 0.2) is 5.13 Å². The highest BCUT2D eigenvalue weighted by molar-refractivity contribution is 7.14. The minimum Gasteiger partial charge on any atom is -0.296 e. The van der Waals surface area contributed by atoms with Crippen molar-refractivity contribution in [2.45, 2.75) is 6.92 Å². The Hall–Kier alpha value is -2.80. The van der Waals surface area contributed by atoms with Crippen molar-refractivity contribution in [3.8, 4) is 11.3 Å². The Morgan fingerprint density at radius 1 is 1.17 bits per heavy atom. The van der Waals surface area contributed by atoms with Crippen molar-refractivity contribution < 1.29 is 4.79 Å². The van der Waals surface area contributed by atoms with Crippen LogP contribution >= 0.6 is 11.3 Å². The van der Waals surface area contributed by atoms with E-state index in [-0.39, 0.29) is 11.3 Å². The van der Waals surface area contributed by atoms with Gasteiger partial charge in [0.05, 0.1) is 5.69 Å². The Balaban J connectivity index is 1.78. The first-order chi connectivity index (χ1) is 11.0. The van der Waals surface area contributed by atoms with Crippen LogP contribution in [0.2, 0.25) is 0 Å². The fourth-order valence-corrected chi connectivity index (χ4v) is 2.69. The number of hydrogen-bond donors (Lipinski definition) is 1. The normalized spacial score (nSPS) is 10.5. The lowest BCUT2D eigenvalue weighted by Gasteiger charge is -2.02. The first kappa shape index (κ1) is 15.1. The van der Waals surface area contributed by atoms with Crippen molar-refractivity contribution in [2.75, 3.05) is 5.32 Å². The smallest absolute Gasteiger partial charge is 0.277 e. The Labute approximate surface area is 136 Å². The number of carbonyl (C=O) groups excluding carboxylic acids is 1. The number of thiazole rings is 1. The van der Waals surface area contributed by atoms with Gasteiger partial charge in [-0.3, -0.25) is 14.9 Å². The zero-order chi connectivity index (χ0) is 16.4. The number of carbonyl (C=O) groups is 1. The molecule has 0 atom stereocenters. The van der Waals surface area contributed by atoms with Gasteiger partial charge in [0.25, 0.3) is 11.5 Å². The van der Waals surface area contributed by atoms with Crippen LogP contribution in [0.15, 0.2) is 46.6 Å². The van der Waals surface area contributed by atoms with Crippen molar-refractivity contribution in [1.29, 1.82) is 0 Å². The molecule has 1 amide bonds. The van der Waals surface area contributed by atoms with E-state index >= 15 is 0 Å². The van der Waals surface area contributed by atoms with Gasteiger partial charge in [0, 0.05) is 24.1 Å². The van der Waals surface area contributed by atoms with Crippen LogP contribution in [0.4, 0.5) is 5.13 Å². The van der Waals surface area contributed by atoms with Crippen LogP contribution in [0, 0.1) is 6.92 Å². The maximum atomic E-state index is 12.1. The van der Waals surface area contributed by atoms with Crippen LogP contribution < -0.4 is 10.9 Å². The summed E-state index contributed by atoms with van der Waals surface area (Å²) in [7, 11) is 1.50. The number of hydrogen-bond acceptors (Lipinski definition) is 5. The highest BCUT2D eigenvalue weighted by atomic mass is 32.1. The second kappa shape index (κ2) is 6.13. The van der Waals surface area contributed by atoms with Crippen LogP contribution in [0.1, 0.15) is 16.1 Å². The van der Waals surface area contributed by atoms with Crippen LogP contribution in [-0.4, -0.2) is 20.7 Å². The van der Waals surface area contributed by atoms with E-state index < -0.39 is 5.91 Å². The molecule has 0 bridgehead atoms. The predicted octanol–water partition coefficient (Wildman–Crippen LogP) is 2.46. The minimum atomic E-state index is -0.398. The molecule has 0 saturated heterocycles. The Morgan fingerprint density at radius 2 is 1.91 bits per heavy atom. The number of amides is 1. The van der Waals surface area contributed by atoms with Crippen LogP contribution in [0.5, 0.6) is 0 Å². The van der Waals surface area contributed by atoms with Crippen LogP contribution in [-0.2, 0) is 7.05 Å². The summed E-state index contributed by atoms with van der Waals surface area (Å²) in [5.41, 5.74) is 2.88. The number of rotatable bonds is 3. The third-order valence-corrected chi connectivity index (χ3v) is 4.02. The number of anilines is 1. The lowest BCUT2D eigenvalue weighted by molar-refractivity contribution is 0.102. The predicted molar refractivity (Wildman–Crippen MR) is 89.7 cm³/mol. The second-order valence-corrected chi connectivity index (χ2v) is 5.90. The quantitative estimate of drug-likeness (QED) is 0.802. The molecule has 0 aliphatic carbocycles. The van der Waals surface area contributed by atoms with Crippen molar-refractivity contribution in [1.82, 2.24) is 14.8 Å². The van der Waals surface area contributed by atoms with Gasteiger partial charge in [-0.15, -0.1) is 11.3 Å². The topological polar surface area (TPSA) is 76.9 Å². The highest BCUT2D eigenvalue weighted by Gasteiger charge is 2.12. The van der Waals surface area contributed by atoms with Gasteiger partial charge in [-0.05, 0) is 13.0 Å². The van der Waals surface area contributed by atoms with Crippen molar-refractivity contribution in [3.05, 3.63) is 63.4 Å². The lowest BCUT2D eigenvalue weighted by atomic mass is 10.1. The Bertz CT molecular complexity index is 912. The summed E-state index contributed by atoms with van der Waals surface area (Å²) in [5, 5.41) is 8.98. The summed E-state index contributed by atoms with van der Waals surface area (Å²) in [6.07, 6.45) is 0. The van der Waals surface area contributed by atoms with Crippen LogP contribution in [0.3, 0.4) is 0 Å². The molecule has 0 radical (unpaired) electrons. The van der Waals surface area contributed by atoms with E-state index in [4.69, 9.17) is 0 Å². The molecule has 1 N–H and O–H groups in total. The number of nitrogens with zero attached hydrogens (tertiary/aromatic N) is 3. The van der Waals surface area contributed by atoms with E-state index in [0.29, 0.717) is 5.13 Å². The van der Waals surface area contributed by atoms with Crippen molar-refractivity contribution in [2.24, 2.45) is 7.05 Å². The standard InChI is InChI=1S/C16H14N4O2S/c1-10-3-5-11(6-4-10)13-9-23-16(17-13)18-15(22)12-7-8-14(21)20(2)19-12/h3-9H,1-2H3,(H,17,18,22). The molecule has 0 spiro atoms. The monoisotopic (exact) mass is 326 g/mol. The molecule has 23 heavy (non-hydrogen) atoms. The van der Waals surface area contributed by atoms with E-state index in [2.05, 4.69) is 15.4 Å². The van der Waals surface area contributed by atoms with E-state index in [1.165, 1.54) is 36.1 Å². The van der Waals surface area contributed by atoms with Gasteiger partial charge in [-0.2, -0.15) is 5.10 Å². The summed E-state index contributed by atoms with van der Waals surface area (Å²) < 4.78 is 1.12. The SMILES string of the molecule is Cc1ccc(-c2csc(NC(=O)c3ccc(=O)n(C)n3)n2)cc1. The minimum absolute atomic E-state index is 0.166. The first-order valence-corrected chi connectivity index (χ1v) is 7.79. The molecule has 0 aliphatic rings. The summed E-state index contributed by atoms with van der Waals surface area (Å²) in [4.78, 5) is 27.8. The Kier molecular flexibility index (Phi) is 4.03. The van der Waals surface area contributed by atoms with E-state index in [0.717, 1.165) is 15.9 Å². The molecule has 0 saturated carbocycles. The summed E-state index contributed by atoms with van der Waals surface area (Å²) >= 11 is 1.34. The third-order valence-electron chi connectivity index (χ3n) is 3.27. The lowest BCUT2D eigenvalue weighted by Crippen LogP contribution is -2.23. The van der Waals surface area contributed by atoms with Crippen molar-refractivity contribution in [3.63, 3.8) is 0 Å². The van der Waals surface area contributed by atoms with Gasteiger partial charge < -0.3 is 0 Å². The number of aromatic nitrogens is 3. The van der Waals surface area contributed by atoms with E-state index in [1.54, 1.807) is 0 Å². The number of benzene rings is 1. The second-order valence-electron chi connectivity index (χ2n) is 5.04. The van der Waals surface area contributed by atoms with E-state index in [9.17, 15) is 9.59 Å². The molecule has 0 aliphatic heterocycles. The molecule has 2 heterocycles. The maximum Gasteiger partial charge on any atom is 0.277 e. The molecule has 0 fully saturated rings. The molecule has 3 rings (SSSR count). The molecular weight excluding hydrogens is 312 g/mol. The molecule has 2 aromatic heterocycles. The largest absolute Gasteiger partial charge is 0.296 e. The van der Waals surface area contributed by atoms with Gasteiger partial charge in [-0.25, -0.2) is 9.67 Å². The molecule has 6 nitrogen and oxygen atoms in total. The van der Waals surface area contributed by atoms with Crippen molar-refractivity contribution >= 4 is 22.4 Å². The maximum absolute atomic E-state index is 12.1. The van der Waals surface area contributed by atoms with Gasteiger partial charge in [-0.1, -0.05) is 29.8 Å². The van der Waals surface area contributed by atoms with Gasteiger partial charge in [0.2, 0.25) is 0 Å². The van der Waals surface area contributed by atoms with Gasteiger partial charge >= 0.3 is 0 Å². The molecule has 1 aromatic carbocycles. The van der Waals surface area contributed by atoms with Gasteiger partial charge in [0.1, 0.15) is 5.69 Å². The number of nitrogens with one attached hydrogen (secondary N) is 1. The molecule has 3 aromatic rings. The van der Waals surface area contributed by atoms with Crippen LogP contribution in [0.25, 0.3) is 11.3 Å². The van der Waals surface area contributed by atoms with E-state index in [1.807, 2.05) is 36.6 Å². The Morgan fingerprint density at radius 3 is 2.61 bits per heavy atom. The fraction of sp³-hybridized carbons (Fsp3) is 0.125. The number of aryl methyl sites for hydroxylation is 2. The summed E-state index contributed by atoms with van der Waals surface area (Å²) in [6, 6.07) is 10.7. The molecule has 116 valence electrons. The first-order valence-electron chi connectivity index (χ1n) is 6.91. The average Bonchev–Trinajstić information content (AvgIpc) is 2.99. The molecule has 7 heteroatoms. The third kappa shape index (κ3) is 3.35. The average molecular weight is 326 g/mol. The zero-order valence-electron chi connectivity index (χ0n) is 12.6. The molecule has 0 unspecified atom stereocenters. The molecular formula is C16H14N4O2S.